The van der Waals surface area contributed by atoms with Gasteiger partial charge in [-0.3, -0.25) is 4.79 Å². The fraction of sp³-hybridized carbons (Fsp3) is 0.542. The number of hydrogen-bond acceptors (Lipinski definition) is 1. The molecule has 0 unspecified atom stereocenters. The van der Waals surface area contributed by atoms with Gasteiger partial charge >= 0.3 is 0 Å². The van der Waals surface area contributed by atoms with Crippen molar-refractivity contribution in [3.05, 3.63) is 58.2 Å². The van der Waals surface area contributed by atoms with E-state index in [0.717, 1.165) is 19.1 Å². The monoisotopic (exact) mass is 338 g/mol. The molecule has 1 heteroatoms. The first-order chi connectivity index (χ1) is 11.9. The second kappa shape index (κ2) is 9.17. The average Bonchev–Trinajstić information content (AvgIpc) is 2.77. The van der Waals surface area contributed by atoms with Crippen LogP contribution < -0.4 is 0 Å². The van der Waals surface area contributed by atoms with Crippen LogP contribution in [0.3, 0.4) is 0 Å². The van der Waals surface area contributed by atoms with Crippen LogP contribution in [0.5, 0.6) is 0 Å². The summed E-state index contributed by atoms with van der Waals surface area (Å²) >= 11 is 0. The Labute approximate surface area is 154 Å². The van der Waals surface area contributed by atoms with Crippen LogP contribution >= 0.6 is 0 Å². The van der Waals surface area contributed by atoms with Gasteiger partial charge in [0.25, 0.3) is 0 Å². The summed E-state index contributed by atoms with van der Waals surface area (Å²) in [5.74, 6) is 0. The van der Waals surface area contributed by atoms with E-state index < -0.39 is 0 Å². The SMILES string of the molecule is CC1=C(/C=C/C(C)=C\C=C2/CCCCC/C2=C\C=O)C(C)(C)CCC1. The molecular formula is C24H34O. The van der Waals surface area contributed by atoms with Gasteiger partial charge in [-0.25, -0.2) is 0 Å². The first kappa shape index (κ1) is 19.7. The number of carbonyl (C=O) groups excluding carboxylic acids is 1. The summed E-state index contributed by atoms with van der Waals surface area (Å²) in [7, 11) is 0. The molecule has 0 amide bonds. The van der Waals surface area contributed by atoms with Crippen molar-refractivity contribution in [2.75, 3.05) is 0 Å². The Balaban J connectivity index is 2.17. The lowest BCUT2D eigenvalue weighted by molar-refractivity contribution is -0.104. The fourth-order valence-corrected chi connectivity index (χ4v) is 4.10. The summed E-state index contributed by atoms with van der Waals surface area (Å²) in [6.45, 7) is 9.17. The summed E-state index contributed by atoms with van der Waals surface area (Å²) in [6.07, 6.45) is 21.3. The number of carbonyl (C=O) groups is 1. The van der Waals surface area contributed by atoms with Crippen LogP contribution in [-0.2, 0) is 4.79 Å². The highest BCUT2D eigenvalue weighted by Crippen LogP contribution is 2.40. The molecule has 0 heterocycles. The van der Waals surface area contributed by atoms with Gasteiger partial charge in [0, 0.05) is 0 Å². The van der Waals surface area contributed by atoms with E-state index in [1.54, 1.807) is 11.6 Å². The van der Waals surface area contributed by atoms with Gasteiger partial charge in [-0.05, 0) is 87.0 Å². The third-order valence-electron chi connectivity index (χ3n) is 5.68. The fourth-order valence-electron chi connectivity index (χ4n) is 4.10. The number of allylic oxidation sites excluding steroid dienone is 10. The lowest BCUT2D eigenvalue weighted by Crippen LogP contribution is -2.19. The van der Waals surface area contributed by atoms with Crippen LogP contribution in [0, 0.1) is 5.41 Å². The highest BCUT2D eigenvalue weighted by Gasteiger charge is 2.26. The molecule has 0 saturated heterocycles. The lowest BCUT2D eigenvalue weighted by atomic mass is 9.72. The van der Waals surface area contributed by atoms with E-state index in [4.69, 9.17) is 0 Å². The van der Waals surface area contributed by atoms with E-state index >= 15 is 0 Å². The molecule has 1 saturated carbocycles. The molecule has 1 fully saturated rings. The molecule has 25 heavy (non-hydrogen) atoms. The number of rotatable bonds is 4. The topological polar surface area (TPSA) is 17.1 Å². The molecule has 0 atom stereocenters. The molecule has 0 aliphatic heterocycles. The third-order valence-corrected chi connectivity index (χ3v) is 5.68. The van der Waals surface area contributed by atoms with E-state index in [1.807, 2.05) is 0 Å². The van der Waals surface area contributed by atoms with Crippen molar-refractivity contribution in [3.63, 3.8) is 0 Å². The van der Waals surface area contributed by atoms with Gasteiger partial charge in [-0.1, -0.05) is 55.7 Å². The Morgan fingerprint density at radius 2 is 1.64 bits per heavy atom. The smallest absolute Gasteiger partial charge is 0.143 e. The Morgan fingerprint density at radius 1 is 0.960 bits per heavy atom. The zero-order chi connectivity index (χ0) is 18.3. The van der Waals surface area contributed by atoms with Gasteiger partial charge in [0.2, 0.25) is 0 Å². The van der Waals surface area contributed by atoms with Crippen LogP contribution in [0.1, 0.15) is 79.1 Å². The maximum absolute atomic E-state index is 10.9. The predicted molar refractivity (Wildman–Crippen MR) is 109 cm³/mol. The molecule has 0 aromatic carbocycles. The van der Waals surface area contributed by atoms with Crippen LogP contribution in [0.25, 0.3) is 0 Å². The van der Waals surface area contributed by atoms with Gasteiger partial charge in [0.1, 0.15) is 6.29 Å². The summed E-state index contributed by atoms with van der Waals surface area (Å²) in [6, 6.07) is 0. The van der Waals surface area contributed by atoms with Gasteiger partial charge in [0.05, 0.1) is 0 Å². The first-order valence-electron chi connectivity index (χ1n) is 9.84. The van der Waals surface area contributed by atoms with Gasteiger partial charge in [-0.15, -0.1) is 0 Å². The Bertz CT molecular complexity index is 635. The van der Waals surface area contributed by atoms with Crippen LogP contribution in [0.2, 0.25) is 0 Å². The lowest BCUT2D eigenvalue weighted by Gasteiger charge is -2.32. The highest BCUT2D eigenvalue weighted by atomic mass is 16.1. The molecule has 2 aliphatic carbocycles. The van der Waals surface area contributed by atoms with E-state index in [2.05, 4.69) is 52.0 Å². The minimum Gasteiger partial charge on any atom is -0.299 e. The molecule has 1 nitrogen and oxygen atoms in total. The number of aldehydes is 1. The molecule has 0 aromatic heterocycles. The zero-order valence-corrected chi connectivity index (χ0v) is 16.5. The summed E-state index contributed by atoms with van der Waals surface area (Å²) < 4.78 is 0. The molecule has 0 aromatic rings. The van der Waals surface area contributed by atoms with Crippen molar-refractivity contribution in [3.8, 4) is 0 Å². The van der Waals surface area contributed by atoms with E-state index in [0.29, 0.717) is 5.41 Å². The molecule has 0 bridgehead atoms. The molecule has 2 rings (SSSR count). The molecule has 0 N–H and O–H groups in total. The standard InChI is InChI=1S/C24H34O/c1-19(13-15-23-20(2)9-8-17-24(23,3)4)12-14-21-10-6-5-7-11-22(21)16-18-25/h12-16,18H,5-11,17H2,1-4H3/b15-13+,19-12-,21-14+,22-16+. The van der Waals surface area contributed by atoms with E-state index in [1.165, 1.54) is 60.8 Å². The Hall–Kier alpha value is -1.63. The third kappa shape index (κ3) is 5.70. The predicted octanol–water partition coefficient (Wildman–Crippen LogP) is 7.03. The quantitative estimate of drug-likeness (QED) is 0.233. The molecule has 0 radical (unpaired) electrons. The van der Waals surface area contributed by atoms with Gasteiger partial charge in [0.15, 0.2) is 0 Å². The highest BCUT2D eigenvalue weighted by molar-refractivity contribution is 5.68. The van der Waals surface area contributed by atoms with Gasteiger partial charge < -0.3 is 0 Å². The maximum Gasteiger partial charge on any atom is 0.143 e. The molecular weight excluding hydrogens is 304 g/mol. The van der Waals surface area contributed by atoms with Crippen molar-refractivity contribution < 1.29 is 4.79 Å². The number of hydrogen-bond donors (Lipinski definition) is 0. The normalized spacial score (nSPS) is 25.7. The Morgan fingerprint density at radius 3 is 2.28 bits per heavy atom. The van der Waals surface area contributed by atoms with Crippen LogP contribution in [0.15, 0.2) is 58.2 Å². The molecule has 136 valence electrons. The van der Waals surface area contributed by atoms with E-state index in [9.17, 15) is 4.79 Å². The second-order valence-electron chi connectivity index (χ2n) is 8.26. The maximum atomic E-state index is 10.9. The summed E-state index contributed by atoms with van der Waals surface area (Å²) in [4.78, 5) is 10.9. The minimum atomic E-state index is 0.290. The van der Waals surface area contributed by atoms with Crippen LogP contribution in [0.4, 0.5) is 0 Å². The largest absolute Gasteiger partial charge is 0.299 e. The molecule has 2 aliphatic rings. The second-order valence-corrected chi connectivity index (χ2v) is 8.26. The van der Waals surface area contributed by atoms with Crippen molar-refractivity contribution >= 4 is 6.29 Å². The first-order valence-corrected chi connectivity index (χ1v) is 9.84. The van der Waals surface area contributed by atoms with Crippen molar-refractivity contribution in [1.29, 1.82) is 0 Å². The van der Waals surface area contributed by atoms with Crippen LogP contribution in [-0.4, -0.2) is 6.29 Å². The summed E-state index contributed by atoms with van der Waals surface area (Å²) in [5, 5.41) is 0. The van der Waals surface area contributed by atoms with Gasteiger partial charge in [-0.2, -0.15) is 0 Å². The zero-order valence-electron chi connectivity index (χ0n) is 16.5. The summed E-state index contributed by atoms with van der Waals surface area (Å²) in [5.41, 5.74) is 7.18. The van der Waals surface area contributed by atoms with E-state index in [-0.39, 0.29) is 0 Å². The average molecular weight is 339 g/mol. The van der Waals surface area contributed by atoms with Crippen molar-refractivity contribution in [1.82, 2.24) is 0 Å². The van der Waals surface area contributed by atoms with Crippen molar-refractivity contribution in [2.45, 2.75) is 79.1 Å². The van der Waals surface area contributed by atoms with Crippen molar-refractivity contribution in [2.24, 2.45) is 5.41 Å². The minimum absolute atomic E-state index is 0.290. The Kier molecular flexibility index (Phi) is 7.23. The molecule has 0 spiro atoms.